The average molecular weight is 737 g/mol. The highest BCUT2D eigenvalue weighted by molar-refractivity contribution is 5.98. The molecular weight excluding hydrogens is 672 g/mol. The summed E-state index contributed by atoms with van der Waals surface area (Å²) in [5.74, 6) is -0.329. The van der Waals surface area contributed by atoms with Gasteiger partial charge in [0.15, 0.2) is 0 Å². The topological polar surface area (TPSA) is 210 Å². The van der Waals surface area contributed by atoms with Crippen LogP contribution in [0.2, 0.25) is 0 Å². The summed E-state index contributed by atoms with van der Waals surface area (Å²) in [6, 6.07) is -0.405. The molecule has 0 saturated heterocycles. The van der Waals surface area contributed by atoms with E-state index in [1.54, 1.807) is 41.5 Å². The number of guanidine groups is 1. The number of nitrogens with zero attached hydrogens (tertiary/aromatic N) is 1. The molecule has 0 saturated carbocycles. The lowest BCUT2D eigenvalue weighted by Gasteiger charge is -2.22. The van der Waals surface area contributed by atoms with E-state index in [1.807, 2.05) is 27.7 Å². The number of hydrogen-bond donors (Lipinski definition) is 7. The molecule has 1 unspecified atom stereocenters. The first-order valence-electron chi connectivity index (χ1n) is 17.2. The predicted molar refractivity (Wildman–Crippen MR) is 197 cm³/mol. The maximum Gasteiger partial charge on any atom is 0.437 e. The van der Waals surface area contributed by atoms with Crippen molar-refractivity contribution in [2.24, 2.45) is 4.99 Å². The molecule has 0 radical (unpaired) electrons. The molecule has 6 amide bonds. The number of carbonyl (C=O) groups is 5. The average Bonchev–Trinajstić information content (AvgIpc) is 2.91. The number of amides is 6. The first-order valence-corrected chi connectivity index (χ1v) is 17.2. The van der Waals surface area contributed by atoms with Crippen LogP contribution in [-0.4, -0.2) is 98.3 Å². The van der Waals surface area contributed by atoms with Gasteiger partial charge in [-0.2, -0.15) is 0 Å². The summed E-state index contributed by atoms with van der Waals surface area (Å²) in [6.07, 6.45) is 3.56. The molecule has 0 aromatic heterocycles. The first-order chi connectivity index (χ1) is 22.6. The lowest BCUT2D eigenvalue weighted by molar-refractivity contribution is -0.120. The minimum Gasteiger partial charge on any atom is -0.444 e. The summed E-state index contributed by atoms with van der Waals surface area (Å²) in [4.78, 5) is 63.9. The fourth-order valence-electron chi connectivity index (χ4n) is 3.81. The van der Waals surface area contributed by atoms with Crippen LogP contribution in [0.4, 0.5) is 19.2 Å². The van der Waals surface area contributed by atoms with E-state index in [-0.39, 0.29) is 36.9 Å². The van der Waals surface area contributed by atoms with E-state index in [0.29, 0.717) is 19.6 Å². The van der Waals surface area contributed by atoms with Crippen molar-refractivity contribution >= 4 is 48.6 Å². The van der Waals surface area contributed by atoms with Gasteiger partial charge in [-0.3, -0.25) is 10.1 Å². The number of nitrogens with one attached hydrogen (secondary N) is 7. The smallest absolute Gasteiger partial charge is 0.437 e. The van der Waals surface area contributed by atoms with Gasteiger partial charge in [0, 0.05) is 25.7 Å². The molecule has 0 heterocycles. The van der Waals surface area contributed by atoms with Crippen LogP contribution in [-0.2, 0) is 19.0 Å². The van der Waals surface area contributed by atoms with Crippen molar-refractivity contribution in [3.05, 3.63) is 0 Å². The molecule has 17 heteroatoms. The second-order valence-electron chi connectivity index (χ2n) is 14.7. The fourth-order valence-corrected chi connectivity index (χ4v) is 3.81. The first kappa shape index (κ1) is 48.6. The maximum absolute atomic E-state index is 12.2. The van der Waals surface area contributed by atoms with Crippen LogP contribution in [0, 0.1) is 0 Å². The van der Waals surface area contributed by atoms with E-state index in [9.17, 15) is 24.0 Å². The Morgan fingerprint density at radius 2 is 1.10 bits per heavy atom. The maximum atomic E-state index is 12.2. The van der Waals surface area contributed by atoms with E-state index in [1.165, 1.54) is 0 Å². The third kappa shape index (κ3) is 33.0. The number of ether oxygens (including phenoxy) is 3. The van der Waals surface area contributed by atoms with Gasteiger partial charge in [-0.05, 0) is 114 Å². The van der Waals surface area contributed by atoms with Gasteiger partial charge in [0.05, 0.1) is 6.54 Å². The molecule has 292 valence electrons. The standard InChI is InChI=1S/C33H64N8O8.ClH/c1-24(39-28(44)47-31(2,3)4)17-22-34-18-15-16-21-37-27(43)38-23-25(42)35-19-13-11-12-14-20-36-26(40-29(45)48-32(5,6)7)41-30(46)49-33(8,9)10;/h24,34H,11-23H2,1-10H3,(H,35,42)(H,39,44)(H2,37,38,43)(H2,36,40,41,45,46);1H. The van der Waals surface area contributed by atoms with Crippen molar-refractivity contribution in [3.8, 4) is 0 Å². The molecule has 0 fully saturated rings. The van der Waals surface area contributed by atoms with Crippen molar-refractivity contribution < 1.29 is 38.2 Å². The van der Waals surface area contributed by atoms with Crippen molar-refractivity contribution in [1.29, 1.82) is 0 Å². The molecule has 0 bridgehead atoms. The lowest BCUT2D eigenvalue weighted by atomic mass is 10.2. The highest BCUT2D eigenvalue weighted by atomic mass is 35.5. The molecule has 0 rings (SSSR count). The number of hydrogen-bond acceptors (Lipinski definition) is 9. The number of halogens is 1. The molecular formula is C33H65ClN8O8. The second-order valence-corrected chi connectivity index (χ2v) is 14.7. The lowest BCUT2D eigenvalue weighted by Crippen LogP contribution is -2.44. The highest BCUT2D eigenvalue weighted by Gasteiger charge is 2.20. The van der Waals surface area contributed by atoms with Crippen LogP contribution >= 0.6 is 12.4 Å². The zero-order valence-electron chi connectivity index (χ0n) is 31.9. The van der Waals surface area contributed by atoms with Crippen LogP contribution in [0.5, 0.6) is 0 Å². The van der Waals surface area contributed by atoms with Crippen molar-refractivity contribution in [1.82, 2.24) is 37.2 Å². The summed E-state index contributed by atoms with van der Waals surface area (Å²) in [6.45, 7) is 20.6. The van der Waals surface area contributed by atoms with E-state index in [2.05, 4.69) is 42.2 Å². The normalized spacial score (nSPS) is 12.4. The van der Waals surface area contributed by atoms with E-state index < -0.39 is 41.1 Å². The Kier molecular flexibility index (Phi) is 24.7. The molecule has 50 heavy (non-hydrogen) atoms. The van der Waals surface area contributed by atoms with E-state index in [0.717, 1.165) is 58.0 Å². The molecule has 0 aromatic rings. The zero-order chi connectivity index (χ0) is 37.5. The molecule has 1 atom stereocenters. The van der Waals surface area contributed by atoms with Gasteiger partial charge < -0.3 is 46.1 Å². The van der Waals surface area contributed by atoms with Crippen LogP contribution in [0.25, 0.3) is 0 Å². The van der Waals surface area contributed by atoms with E-state index in [4.69, 9.17) is 14.2 Å². The number of aliphatic imine (C=N–C) groups is 1. The van der Waals surface area contributed by atoms with Crippen LogP contribution < -0.4 is 37.2 Å². The van der Waals surface area contributed by atoms with Gasteiger partial charge in [0.1, 0.15) is 16.8 Å². The molecule has 7 N–H and O–H groups in total. The van der Waals surface area contributed by atoms with E-state index >= 15 is 0 Å². The molecule has 0 aromatic carbocycles. The van der Waals surface area contributed by atoms with Crippen molar-refractivity contribution in [2.45, 2.75) is 137 Å². The summed E-state index contributed by atoms with van der Waals surface area (Å²) in [5, 5.41) is 19.6. The summed E-state index contributed by atoms with van der Waals surface area (Å²) >= 11 is 0. The van der Waals surface area contributed by atoms with Crippen LogP contribution in [0.1, 0.15) is 114 Å². The number of urea groups is 1. The third-order valence-electron chi connectivity index (χ3n) is 5.93. The second kappa shape index (κ2) is 25.4. The Morgan fingerprint density at radius 3 is 1.68 bits per heavy atom. The summed E-state index contributed by atoms with van der Waals surface area (Å²) < 4.78 is 15.7. The number of unbranched alkanes of at least 4 members (excludes halogenated alkanes) is 4. The number of carbonyl (C=O) groups excluding carboxylic acids is 5. The SMILES string of the molecule is CC(CCNCCCCNC(=O)NCC(=O)NCCCCCCNC(=NC(=O)OC(C)(C)C)NC(=O)OC(C)(C)C)NC(=O)OC(C)(C)C.Cl. The van der Waals surface area contributed by atoms with Gasteiger partial charge in [0.2, 0.25) is 11.9 Å². The van der Waals surface area contributed by atoms with Crippen molar-refractivity contribution in [2.75, 3.05) is 39.3 Å². The van der Waals surface area contributed by atoms with Crippen LogP contribution in [0.3, 0.4) is 0 Å². The molecule has 16 nitrogen and oxygen atoms in total. The number of alkyl carbamates (subject to hydrolysis) is 2. The summed E-state index contributed by atoms with van der Waals surface area (Å²) in [5.41, 5.74) is -1.98. The van der Waals surface area contributed by atoms with Gasteiger partial charge in [-0.15, -0.1) is 17.4 Å². The minimum atomic E-state index is -0.841. The van der Waals surface area contributed by atoms with Gasteiger partial charge in [-0.25, -0.2) is 19.2 Å². The third-order valence-corrected chi connectivity index (χ3v) is 5.93. The zero-order valence-corrected chi connectivity index (χ0v) is 32.7. The highest BCUT2D eigenvalue weighted by Crippen LogP contribution is 2.09. The monoisotopic (exact) mass is 736 g/mol. The minimum absolute atomic E-state index is 0. The van der Waals surface area contributed by atoms with Crippen LogP contribution in [0.15, 0.2) is 4.99 Å². The number of rotatable bonds is 18. The molecule has 0 aliphatic rings. The Labute approximate surface area is 304 Å². The Bertz CT molecular complexity index is 1060. The largest absolute Gasteiger partial charge is 0.444 e. The molecule has 0 aliphatic carbocycles. The molecule has 0 aliphatic heterocycles. The van der Waals surface area contributed by atoms with Crippen molar-refractivity contribution in [3.63, 3.8) is 0 Å². The van der Waals surface area contributed by atoms with Gasteiger partial charge in [0.25, 0.3) is 0 Å². The fraction of sp³-hybridized carbons (Fsp3) is 0.818. The molecule has 0 spiro atoms. The Morgan fingerprint density at radius 1 is 0.600 bits per heavy atom. The quantitative estimate of drug-likeness (QED) is 0.0455. The summed E-state index contributed by atoms with van der Waals surface area (Å²) in [7, 11) is 0. The Hall–Kier alpha value is -3.53. The predicted octanol–water partition coefficient (Wildman–Crippen LogP) is 4.46. The van der Waals surface area contributed by atoms with Gasteiger partial charge >= 0.3 is 24.3 Å². The van der Waals surface area contributed by atoms with Gasteiger partial charge in [-0.1, -0.05) is 12.8 Å². The Balaban J connectivity index is 0.